The lowest BCUT2D eigenvalue weighted by atomic mass is 10.2. The van der Waals surface area contributed by atoms with Crippen LogP contribution in [0.1, 0.15) is 71.1 Å². The summed E-state index contributed by atoms with van der Waals surface area (Å²) in [4.78, 5) is 20.8. The van der Waals surface area contributed by atoms with Gasteiger partial charge in [-0.3, -0.25) is 10.1 Å². The van der Waals surface area contributed by atoms with Crippen LogP contribution in [0.2, 0.25) is 0 Å². The molecule has 4 heteroatoms. The van der Waals surface area contributed by atoms with Crippen molar-refractivity contribution in [2.24, 2.45) is 0 Å². The highest BCUT2D eigenvalue weighted by atomic mass is 16.6. The Morgan fingerprint density at radius 2 is 1.54 bits per heavy atom. The molecule has 0 aromatic rings. The van der Waals surface area contributed by atoms with Gasteiger partial charge in [-0.2, -0.15) is 0 Å². The van der Waals surface area contributed by atoms with Gasteiger partial charge in [-0.15, -0.1) is 0 Å². The van der Waals surface area contributed by atoms with Crippen molar-refractivity contribution in [3.8, 4) is 0 Å². The van der Waals surface area contributed by atoms with Crippen LogP contribution in [-0.4, -0.2) is 11.2 Å². The highest BCUT2D eigenvalue weighted by molar-refractivity contribution is 5.49. The Bertz CT molecular complexity index is 448. The predicted octanol–water partition coefficient (Wildman–Crippen LogP) is 5.94. The van der Waals surface area contributed by atoms with E-state index < -0.39 is 0 Å². The van der Waals surface area contributed by atoms with Crippen molar-refractivity contribution in [3.63, 3.8) is 0 Å². The minimum atomic E-state index is -0.343. The van der Waals surface area contributed by atoms with Gasteiger partial charge in [-0.25, -0.2) is 0 Å². The first-order valence-corrected chi connectivity index (χ1v) is 8.94. The second kappa shape index (κ2) is 17.4. The van der Waals surface area contributed by atoms with E-state index in [9.17, 15) is 14.9 Å². The second-order valence-corrected chi connectivity index (χ2v) is 5.64. The zero-order valence-corrected chi connectivity index (χ0v) is 14.9. The van der Waals surface area contributed by atoms with E-state index in [-0.39, 0.29) is 10.6 Å². The van der Waals surface area contributed by atoms with Crippen molar-refractivity contribution >= 4 is 6.29 Å². The molecule has 0 spiro atoms. The number of aldehydes is 1. The molecule has 24 heavy (non-hydrogen) atoms. The van der Waals surface area contributed by atoms with E-state index in [0.717, 1.165) is 25.5 Å². The quantitative estimate of drug-likeness (QED) is 0.123. The summed E-state index contributed by atoms with van der Waals surface area (Å²) in [6.45, 7) is 2.21. The molecule has 0 aromatic carbocycles. The molecule has 0 unspecified atom stereocenters. The summed E-state index contributed by atoms with van der Waals surface area (Å²) in [5, 5.41) is 10.9. The van der Waals surface area contributed by atoms with E-state index in [1.165, 1.54) is 19.3 Å². The fourth-order valence-corrected chi connectivity index (χ4v) is 2.08. The molecular formula is C20H31NO3. The van der Waals surface area contributed by atoms with Crippen LogP contribution in [0, 0.1) is 10.1 Å². The highest BCUT2D eigenvalue weighted by Crippen LogP contribution is 2.08. The fraction of sp³-hybridized carbons (Fsp3) is 0.550. The molecule has 0 amide bonds. The summed E-state index contributed by atoms with van der Waals surface area (Å²) in [7, 11) is 0. The summed E-state index contributed by atoms with van der Waals surface area (Å²) < 4.78 is 0. The van der Waals surface area contributed by atoms with Crippen LogP contribution in [0.5, 0.6) is 0 Å². The third kappa shape index (κ3) is 14.9. The van der Waals surface area contributed by atoms with Crippen molar-refractivity contribution in [1.29, 1.82) is 0 Å². The van der Waals surface area contributed by atoms with Crippen LogP contribution in [0.3, 0.4) is 0 Å². The maximum atomic E-state index is 10.9. The van der Waals surface area contributed by atoms with Gasteiger partial charge in [0.25, 0.3) is 0 Å². The third-order valence-corrected chi connectivity index (χ3v) is 3.49. The molecule has 0 aliphatic rings. The summed E-state index contributed by atoms with van der Waals surface area (Å²) >= 11 is 0. The van der Waals surface area contributed by atoms with E-state index in [1.54, 1.807) is 6.08 Å². The molecule has 0 atom stereocenters. The average Bonchev–Trinajstić information content (AvgIpc) is 2.57. The van der Waals surface area contributed by atoms with Crippen LogP contribution >= 0.6 is 0 Å². The van der Waals surface area contributed by atoms with Crippen molar-refractivity contribution in [3.05, 3.63) is 58.3 Å². The number of carbonyl (C=O) groups excluding carboxylic acids is 1. The first-order chi connectivity index (χ1) is 11.7. The minimum Gasteiger partial charge on any atom is -0.303 e. The Balaban J connectivity index is 3.89. The third-order valence-electron chi connectivity index (χ3n) is 3.49. The van der Waals surface area contributed by atoms with Crippen molar-refractivity contribution < 1.29 is 9.72 Å². The molecule has 0 rings (SSSR count). The van der Waals surface area contributed by atoms with Gasteiger partial charge in [0.2, 0.25) is 5.70 Å². The number of rotatable bonds is 15. The van der Waals surface area contributed by atoms with E-state index in [1.807, 2.05) is 12.2 Å². The van der Waals surface area contributed by atoms with Crippen LogP contribution < -0.4 is 0 Å². The molecule has 0 bridgehead atoms. The molecule has 134 valence electrons. The lowest BCUT2D eigenvalue weighted by molar-refractivity contribution is -0.427. The number of nitro groups is 1. The smallest absolute Gasteiger partial charge is 0.246 e. The molecule has 0 heterocycles. The van der Waals surface area contributed by atoms with Crippen LogP contribution in [0.25, 0.3) is 0 Å². The second-order valence-electron chi connectivity index (χ2n) is 5.64. The maximum absolute atomic E-state index is 10.9. The molecule has 0 aliphatic carbocycles. The van der Waals surface area contributed by atoms with Gasteiger partial charge >= 0.3 is 0 Å². The summed E-state index contributed by atoms with van der Waals surface area (Å²) in [6.07, 6.45) is 23.6. The Kier molecular flexibility index (Phi) is 16.0. The van der Waals surface area contributed by atoms with Gasteiger partial charge in [0.15, 0.2) is 0 Å². The standard InChI is InChI=1S/C20H31NO3/c1-2-3-4-5-6-7-8-9-10-11-12-14-17-20(21(23)24)18-15-13-16-19-22/h6-7,9-10,12,14,18-19H,2-5,8,11,13,15-17H2,1H3/b7-6-,10-9-,14-12-,20-18+. The number of nitrogens with zero attached hydrogens (tertiary/aromatic N) is 1. The lowest BCUT2D eigenvalue weighted by Gasteiger charge is -1.94. The van der Waals surface area contributed by atoms with Gasteiger partial charge in [0, 0.05) is 6.42 Å². The number of carbonyl (C=O) groups is 1. The van der Waals surface area contributed by atoms with E-state index in [4.69, 9.17) is 0 Å². The Hall–Kier alpha value is -1.97. The lowest BCUT2D eigenvalue weighted by Crippen LogP contribution is -1.97. The summed E-state index contributed by atoms with van der Waals surface area (Å²) in [5.74, 6) is 0. The zero-order valence-electron chi connectivity index (χ0n) is 14.9. The number of hydrogen-bond acceptors (Lipinski definition) is 3. The van der Waals surface area contributed by atoms with Crippen LogP contribution in [0.4, 0.5) is 0 Å². The van der Waals surface area contributed by atoms with E-state index >= 15 is 0 Å². The summed E-state index contributed by atoms with van der Waals surface area (Å²) in [5.41, 5.74) is 0.205. The molecule has 0 saturated heterocycles. The van der Waals surface area contributed by atoms with Gasteiger partial charge in [-0.1, -0.05) is 56.2 Å². The molecular weight excluding hydrogens is 302 g/mol. The number of allylic oxidation sites excluding steroid dienone is 7. The zero-order chi connectivity index (χ0) is 17.9. The highest BCUT2D eigenvalue weighted by Gasteiger charge is 2.06. The van der Waals surface area contributed by atoms with E-state index in [0.29, 0.717) is 25.7 Å². The van der Waals surface area contributed by atoms with Gasteiger partial charge < -0.3 is 4.79 Å². The van der Waals surface area contributed by atoms with Gasteiger partial charge in [0.05, 0.1) is 11.3 Å². The molecule has 4 nitrogen and oxygen atoms in total. The SMILES string of the molecule is CCCCC/C=C\C/C=C\C/C=C\C/C(=C\CCCC=O)[N+](=O)[O-]. The van der Waals surface area contributed by atoms with Crippen molar-refractivity contribution in [1.82, 2.24) is 0 Å². The minimum absolute atomic E-state index is 0.205. The topological polar surface area (TPSA) is 60.2 Å². The Morgan fingerprint density at radius 3 is 2.17 bits per heavy atom. The largest absolute Gasteiger partial charge is 0.303 e. The molecule has 0 saturated carbocycles. The van der Waals surface area contributed by atoms with E-state index in [2.05, 4.69) is 31.2 Å². The van der Waals surface area contributed by atoms with Gasteiger partial charge in [0.1, 0.15) is 6.29 Å². The number of hydrogen-bond donors (Lipinski definition) is 0. The van der Waals surface area contributed by atoms with Gasteiger partial charge in [-0.05, 0) is 44.6 Å². The predicted molar refractivity (Wildman–Crippen MR) is 100 cm³/mol. The maximum Gasteiger partial charge on any atom is 0.246 e. The first kappa shape index (κ1) is 22.0. The van der Waals surface area contributed by atoms with Crippen molar-refractivity contribution in [2.75, 3.05) is 0 Å². The molecule has 0 aliphatic heterocycles. The first-order valence-electron chi connectivity index (χ1n) is 8.94. The molecule has 0 radical (unpaired) electrons. The monoisotopic (exact) mass is 333 g/mol. The number of unbranched alkanes of at least 4 members (excludes halogenated alkanes) is 5. The molecule has 0 aromatic heterocycles. The molecule has 0 fully saturated rings. The summed E-state index contributed by atoms with van der Waals surface area (Å²) in [6, 6.07) is 0. The van der Waals surface area contributed by atoms with Crippen molar-refractivity contribution in [2.45, 2.75) is 71.1 Å². The van der Waals surface area contributed by atoms with Crippen LogP contribution in [0.15, 0.2) is 48.2 Å². The van der Waals surface area contributed by atoms with Crippen LogP contribution in [-0.2, 0) is 4.79 Å². The average molecular weight is 333 g/mol. The normalized spacial score (nSPS) is 12.6. The molecule has 0 N–H and O–H groups in total. The fourth-order valence-electron chi connectivity index (χ4n) is 2.08. The Morgan fingerprint density at radius 1 is 0.875 bits per heavy atom. The Labute approximate surface area is 146 Å².